The molecule has 20 nitrogen and oxygen atoms in total. The molecule has 16 N–H and O–H groups in total. The summed E-state index contributed by atoms with van der Waals surface area (Å²) in [5.74, 6) is -8.74. The van der Waals surface area contributed by atoms with E-state index in [1.54, 1.807) is 0 Å². The van der Waals surface area contributed by atoms with E-state index in [9.17, 15) is 81.4 Å². The number of aliphatic hydroxyl groups is 15. The molecule has 20 heteroatoms. The van der Waals surface area contributed by atoms with Crippen LogP contribution in [0.4, 0.5) is 0 Å². The van der Waals surface area contributed by atoms with E-state index in [0.717, 1.165) is 64.2 Å². The molecule has 0 saturated heterocycles. The van der Waals surface area contributed by atoms with Gasteiger partial charge in [0.05, 0.1) is 19.8 Å². The minimum Gasteiger partial charge on any atom is -0.506 e. The van der Waals surface area contributed by atoms with Gasteiger partial charge in [-0.25, -0.2) is 0 Å². The summed E-state index contributed by atoms with van der Waals surface area (Å²) in [4.78, 5) is 14.6. The Hall–Kier alpha value is -2.99. The second-order valence-corrected chi connectivity index (χ2v) is 17.8. The second kappa shape index (κ2) is 39.7. The minimum atomic E-state index is -2.46. The fourth-order valence-electron chi connectivity index (χ4n) is 7.38. The van der Waals surface area contributed by atoms with Crippen molar-refractivity contribution in [1.82, 2.24) is 5.32 Å². The first-order valence-corrected chi connectivity index (χ1v) is 24.9. The lowest BCUT2D eigenvalue weighted by molar-refractivity contribution is -0.180. The Morgan fingerprint density at radius 1 is 0.397 bits per heavy atom. The van der Waals surface area contributed by atoms with Crippen LogP contribution >= 0.6 is 0 Å². The molecule has 402 valence electrons. The van der Waals surface area contributed by atoms with E-state index in [2.05, 4.69) is 19.2 Å². The third-order valence-corrected chi connectivity index (χ3v) is 11.8. The van der Waals surface area contributed by atoms with Gasteiger partial charge >= 0.3 is 0 Å². The van der Waals surface area contributed by atoms with Crippen molar-refractivity contribution >= 4 is 5.91 Å². The van der Waals surface area contributed by atoms with E-state index >= 15 is 0 Å². The molecule has 0 heterocycles. The Kier molecular flexibility index (Phi) is 38.0. The molecule has 0 rings (SSSR count). The monoisotopic (exact) mass is 986 g/mol. The molecule has 0 unspecified atom stereocenters. The Morgan fingerprint density at radius 3 is 0.897 bits per heavy atom. The van der Waals surface area contributed by atoms with Gasteiger partial charge in [0.2, 0.25) is 24.8 Å². The van der Waals surface area contributed by atoms with Crippen LogP contribution in [0.25, 0.3) is 0 Å². The average Bonchev–Trinajstić information content (AvgIpc) is 3.33. The zero-order valence-electron chi connectivity index (χ0n) is 40.8. The van der Waals surface area contributed by atoms with Crippen molar-refractivity contribution in [3.63, 3.8) is 0 Å². The number of ether oxygens (including phenoxy) is 3. The van der Waals surface area contributed by atoms with Crippen molar-refractivity contribution in [3.05, 3.63) is 34.6 Å². The van der Waals surface area contributed by atoms with Gasteiger partial charge < -0.3 is 96.1 Å². The SMILES string of the molecule is CCCCCCCCCCCCC(CCCCCCCCCCCC)C(=O)NC(CO[C@H](O)/C(O)=C(\O)[C@H](O)CCO)(CO[C@H](O)/C(O)=C(\O)[C@H](O)CCO)CO[C@H](O)/C(O)=C(\O)[C@H](O)CCO. The molecule has 0 aromatic carbocycles. The van der Waals surface area contributed by atoms with Crippen LogP contribution in [0.5, 0.6) is 0 Å². The van der Waals surface area contributed by atoms with Gasteiger partial charge in [-0.05, 0) is 12.8 Å². The smallest absolute Gasteiger partial charge is 0.223 e. The van der Waals surface area contributed by atoms with E-state index < -0.39 is 148 Å². The number of hydrogen-bond acceptors (Lipinski definition) is 19. The molecule has 0 radical (unpaired) electrons. The largest absolute Gasteiger partial charge is 0.506 e. The first kappa shape index (κ1) is 65.0. The first-order chi connectivity index (χ1) is 32.5. The van der Waals surface area contributed by atoms with Gasteiger partial charge in [-0.1, -0.05) is 142 Å². The predicted molar refractivity (Wildman–Crippen MR) is 253 cm³/mol. The van der Waals surface area contributed by atoms with Crippen molar-refractivity contribution < 1.29 is 95.6 Å². The van der Waals surface area contributed by atoms with E-state index in [1.807, 2.05) is 0 Å². The lowest BCUT2D eigenvalue weighted by Gasteiger charge is -2.37. The molecule has 0 fully saturated rings. The fourth-order valence-corrected chi connectivity index (χ4v) is 7.38. The van der Waals surface area contributed by atoms with Crippen LogP contribution in [-0.2, 0) is 19.0 Å². The first-order valence-electron chi connectivity index (χ1n) is 24.9. The highest BCUT2D eigenvalue weighted by Gasteiger charge is 2.40. The van der Waals surface area contributed by atoms with Gasteiger partial charge in [0.15, 0.2) is 34.6 Å². The van der Waals surface area contributed by atoms with Gasteiger partial charge in [-0.3, -0.25) is 4.79 Å². The Bertz CT molecular complexity index is 1250. The van der Waals surface area contributed by atoms with Crippen LogP contribution in [-0.4, -0.2) is 165 Å². The maximum absolute atomic E-state index is 14.6. The number of amides is 1. The van der Waals surface area contributed by atoms with E-state index in [4.69, 9.17) is 14.2 Å². The number of carbonyl (C=O) groups is 1. The number of aliphatic hydroxyl groups excluding tert-OH is 15. The zero-order valence-corrected chi connectivity index (χ0v) is 40.8. The van der Waals surface area contributed by atoms with E-state index in [0.29, 0.717) is 25.7 Å². The molecule has 0 aliphatic carbocycles. The molecule has 0 aliphatic rings. The molecular formula is C48H91NO19. The van der Waals surface area contributed by atoms with Crippen LogP contribution in [0.3, 0.4) is 0 Å². The highest BCUT2D eigenvalue weighted by Crippen LogP contribution is 2.25. The van der Waals surface area contributed by atoms with Crippen molar-refractivity contribution in [2.45, 2.75) is 217 Å². The van der Waals surface area contributed by atoms with E-state index in [-0.39, 0.29) is 0 Å². The van der Waals surface area contributed by atoms with Crippen molar-refractivity contribution in [2.24, 2.45) is 5.92 Å². The summed E-state index contributed by atoms with van der Waals surface area (Å²) in [7, 11) is 0. The fraction of sp³-hybridized carbons (Fsp3) is 0.854. The number of hydrogen-bond donors (Lipinski definition) is 16. The highest BCUT2D eigenvalue weighted by atomic mass is 16.6. The maximum Gasteiger partial charge on any atom is 0.223 e. The number of carbonyl (C=O) groups excluding carboxylic acids is 1. The van der Waals surface area contributed by atoms with Crippen LogP contribution in [0.2, 0.25) is 0 Å². The molecule has 0 aliphatic heterocycles. The standard InChI is InChI=1S/C48H91NO19/c1-3-5-7-9-11-13-15-17-19-21-23-34(24-22-20-18-16-14-12-10-8-6-4-2)44(62)49-48(31-66-45(63)41(59)38(56)35(53)25-28-50,32-67-46(64)42(60)39(57)36(54)26-29-51)33-68-47(65)43(61)40(58)37(55)27-30-52/h34-37,45-47,50-61,63-65H,3-33H2,1-2H3,(H,49,62)/b41-38+,42-39+,43-40+/t35-,36-,37-,45+,46+,47+/m1/s1. The minimum absolute atomic E-state index is 0.423. The summed E-state index contributed by atoms with van der Waals surface area (Å²) >= 11 is 0. The van der Waals surface area contributed by atoms with Crippen molar-refractivity contribution in [3.8, 4) is 0 Å². The van der Waals surface area contributed by atoms with Gasteiger partial charge in [-0.2, -0.15) is 0 Å². The van der Waals surface area contributed by atoms with Crippen LogP contribution in [0, 0.1) is 5.92 Å². The summed E-state index contributed by atoms with van der Waals surface area (Å²) in [5, 5.41) is 156. The number of nitrogens with one attached hydrogen (secondary N) is 1. The molecule has 6 atom stereocenters. The lowest BCUT2D eigenvalue weighted by Crippen LogP contribution is -2.61. The normalized spacial score (nSPS) is 16.1. The maximum atomic E-state index is 14.6. The summed E-state index contributed by atoms with van der Waals surface area (Å²) in [5.41, 5.74) is -2.24. The van der Waals surface area contributed by atoms with E-state index in [1.165, 1.54) is 51.4 Å². The van der Waals surface area contributed by atoms with Crippen LogP contribution < -0.4 is 5.32 Å². The van der Waals surface area contributed by atoms with Gasteiger partial charge in [0.25, 0.3) is 0 Å². The molecule has 1 amide bonds. The Morgan fingerprint density at radius 2 is 0.647 bits per heavy atom. The number of unbranched alkanes of at least 4 members (excludes halogenated alkanes) is 18. The molecule has 0 aromatic heterocycles. The zero-order chi connectivity index (χ0) is 51.3. The average molecular weight is 986 g/mol. The van der Waals surface area contributed by atoms with Crippen LogP contribution in [0.15, 0.2) is 34.6 Å². The van der Waals surface area contributed by atoms with Crippen molar-refractivity contribution in [1.29, 1.82) is 0 Å². The van der Waals surface area contributed by atoms with Gasteiger partial charge in [0, 0.05) is 45.0 Å². The number of rotatable bonds is 45. The summed E-state index contributed by atoms with van der Waals surface area (Å²) < 4.78 is 16.3. The Labute approximate surface area is 403 Å². The topological polar surface area (TPSA) is 360 Å². The summed E-state index contributed by atoms with van der Waals surface area (Å²) in [6, 6.07) is 0. The Balaban J connectivity index is 7.00. The summed E-state index contributed by atoms with van der Waals surface area (Å²) in [6.45, 7) is -0.551. The molecule has 0 aromatic rings. The van der Waals surface area contributed by atoms with Gasteiger partial charge in [-0.15, -0.1) is 0 Å². The quantitative estimate of drug-likeness (QED) is 0.0209. The van der Waals surface area contributed by atoms with Gasteiger partial charge in [0.1, 0.15) is 23.9 Å². The molecular weight excluding hydrogens is 895 g/mol. The second-order valence-electron chi connectivity index (χ2n) is 17.8. The highest BCUT2D eigenvalue weighted by molar-refractivity contribution is 5.79. The lowest BCUT2D eigenvalue weighted by atomic mass is 9.91. The predicted octanol–water partition coefficient (Wildman–Crippen LogP) is 5.30. The summed E-state index contributed by atoms with van der Waals surface area (Å²) in [6.07, 6.45) is 7.69. The molecule has 0 spiro atoms. The molecule has 0 saturated carbocycles. The molecule has 0 bridgehead atoms. The third-order valence-electron chi connectivity index (χ3n) is 11.8. The molecule has 68 heavy (non-hydrogen) atoms. The third kappa shape index (κ3) is 28.0. The van der Waals surface area contributed by atoms with Crippen LogP contribution in [0.1, 0.15) is 174 Å². The van der Waals surface area contributed by atoms with Crippen molar-refractivity contribution in [2.75, 3.05) is 39.6 Å².